The van der Waals surface area contributed by atoms with Crippen LogP contribution >= 0.6 is 11.3 Å². The van der Waals surface area contributed by atoms with Crippen LogP contribution in [0.4, 0.5) is 0 Å². The van der Waals surface area contributed by atoms with Crippen LogP contribution in [0.5, 0.6) is 0 Å². The summed E-state index contributed by atoms with van der Waals surface area (Å²) in [5.41, 5.74) is 6.40. The molecular formula is C11H9NS. The molecule has 0 aliphatic carbocycles. The van der Waals surface area contributed by atoms with Gasteiger partial charge in [0.25, 0.3) is 0 Å². The summed E-state index contributed by atoms with van der Waals surface area (Å²) in [5, 5.41) is 3.31. The zero-order valence-corrected chi connectivity index (χ0v) is 7.90. The first-order chi connectivity index (χ1) is 6.42. The smallest absolute Gasteiger partial charge is 0.0555 e. The molecule has 2 rings (SSSR count). The fraction of sp³-hybridized carbons (Fsp3) is 0.0909. The second-order valence-corrected chi connectivity index (χ2v) is 3.59. The molecule has 0 bridgehead atoms. The van der Waals surface area contributed by atoms with E-state index in [4.69, 9.17) is 5.73 Å². The van der Waals surface area contributed by atoms with Gasteiger partial charge in [0.05, 0.1) is 6.54 Å². The molecule has 2 N–H and O–H groups in total. The molecular weight excluding hydrogens is 178 g/mol. The molecule has 1 aromatic heterocycles. The first kappa shape index (κ1) is 8.31. The van der Waals surface area contributed by atoms with E-state index in [1.807, 2.05) is 12.1 Å². The summed E-state index contributed by atoms with van der Waals surface area (Å²) in [5.74, 6) is 5.93. The van der Waals surface area contributed by atoms with Crippen molar-refractivity contribution in [3.8, 4) is 11.8 Å². The third kappa shape index (κ3) is 1.57. The molecule has 0 aliphatic heterocycles. The van der Waals surface area contributed by atoms with E-state index in [-0.39, 0.29) is 0 Å². The third-order valence-electron chi connectivity index (χ3n) is 1.82. The van der Waals surface area contributed by atoms with Crippen LogP contribution in [0.1, 0.15) is 5.56 Å². The van der Waals surface area contributed by atoms with Gasteiger partial charge in [0, 0.05) is 15.6 Å². The number of benzene rings is 1. The second kappa shape index (κ2) is 3.61. The standard InChI is InChI=1S/C11H9NS/c12-7-2-4-9-3-1-5-11-10(9)6-8-13-11/h1,3,5-6,8H,7,12H2. The third-order valence-corrected chi connectivity index (χ3v) is 2.70. The Bertz CT molecular complexity index is 473. The molecule has 1 heterocycles. The van der Waals surface area contributed by atoms with Crippen molar-refractivity contribution in [2.24, 2.45) is 5.73 Å². The summed E-state index contributed by atoms with van der Waals surface area (Å²) in [7, 11) is 0. The predicted molar refractivity (Wildman–Crippen MR) is 57.8 cm³/mol. The molecule has 64 valence electrons. The van der Waals surface area contributed by atoms with Gasteiger partial charge in [-0.15, -0.1) is 11.3 Å². The number of thiophene rings is 1. The summed E-state index contributed by atoms with van der Waals surface area (Å²) in [4.78, 5) is 0. The van der Waals surface area contributed by atoms with Crippen LogP contribution in [-0.2, 0) is 0 Å². The van der Waals surface area contributed by atoms with E-state index in [9.17, 15) is 0 Å². The highest BCUT2D eigenvalue weighted by Crippen LogP contribution is 2.23. The van der Waals surface area contributed by atoms with Crippen LogP contribution < -0.4 is 5.73 Å². The normalized spacial score (nSPS) is 9.62. The van der Waals surface area contributed by atoms with E-state index in [2.05, 4.69) is 29.4 Å². The Balaban J connectivity index is 2.61. The Morgan fingerprint density at radius 1 is 1.31 bits per heavy atom. The highest BCUT2D eigenvalue weighted by molar-refractivity contribution is 7.17. The lowest BCUT2D eigenvalue weighted by Gasteiger charge is -1.92. The van der Waals surface area contributed by atoms with Gasteiger partial charge >= 0.3 is 0 Å². The highest BCUT2D eigenvalue weighted by Gasteiger charge is 1.97. The molecule has 0 amide bonds. The van der Waals surface area contributed by atoms with Crippen molar-refractivity contribution >= 4 is 21.4 Å². The largest absolute Gasteiger partial charge is 0.320 e. The van der Waals surface area contributed by atoms with Gasteiger partial charge < -0.3 is 5.73 Å². The van der Waals surface area contributed by atoms with Gasteiger partial charge in [-0.2, -0.15) is 0 Å². The summed E-state index contributed by atoms with van der Waals surface area (Å²) in [6.07, 6.45) is 0. The van der Waals surface area contributed by atoms with Gasteiger partial charge in [-0.3, -0.25) is 0 Å². The van der Waals surface area contributed by atoms with Crippen molar-refractivity contribution in [1.29, 1.82) is 0 Å². The molecule has 0 aliphatic rings. The minimum atomic E-state index is 0.417. The minimum absolute atomic E-state index is 0.417. The van der Waals surface area contributed by atoms with Gasteiger partial charge in [-0.1, -0.05) is 17.9 Å². The number of hydrogen-bond acceptors (Lipinski definition) is 2. The molecule has 0 saturated heterocycles. The molecule has 0 unspecified atom stereocenters. The highest BCUT2D eigenvalue weighted by atomic mass is 32.1. The number of nitrogens with two attached hydrogens (primary N) is 1. The van der Waals surface area contributed by atoms with E-state index >= 15 is 0 Å². The monoisotopic (exact) mass is 187 g/mol. The Morgan fingerprint density at radius 2 is 2.23 bits per heavy atom. The molecule has 1 aromatic carbocycles. The zero-order chi connectivity index (χ0) is 9.10. The molecule has 0 atom stereocenters. The van der Waals surface area contributed by atoms with Gasteiger partial charge in [0.2, 0.25) is 0 Å². The maximum Gasteiger partial charge on any atom is 0.0555 e. The molecule has 0 saturated carbocycles. The van der Waals surface area contributed by atoms with Gasteiger partial charge in [0.1, 0.15) is 0 Å². The quantitative estimate of drug-likeness (QED) is 0.629. The Morgan fingerprint density at radius 3 is 3.08 bits per heavy atom. The molecule has 2 aromatic rings. The summed E-state index contributed by atoms with van der Waals surface area (Å²) < 4.78 is 1.28. The Kier molecular flexibility index (Phi) is 2.31. The zero-order valence-electron chi connectivity index (χ0n) is 7.08. The first-order valence-electron chi connectivity index (χ1n) is 4.07. The average molecular weight is 187 g/mol. The van der Waals surface area contributed by atoms with Crippen LogP contribution in [0.3, 0.4) is 0 Å². The van der Waals surface area contributed by atoms with Crippen LogP contribution in [0.2, 0.25) is 0 Å². The molecule has 0 fully saturated rings. The van der Waals surface area contributed by atoms with Crippen LogP contribution in [0.25, 0.3) is 10.1 Å². The SMILES string of the molecule is NCC#Cc1cccc2sccc12. The van der Waals surface area contributed by atoms with Crippen LogP contribution in [-0.4, -0.2) is 6.54 Å². The van der Waals surface area contributed by atoms with Gasteiger partial charge in [-0.05, 0) is 23.6 Å². The molecule has 13 heavy (non-hydrogen) atoms. The van der Waals surface area contributed by atoms with E-state index in [0.717, 1.165) is 5.56 Å². The molecule has 0 spiro atoms. The van der Waals surface area contributed by atoms with E-state index in [1.54, 1.807) is 11.3 Å². The topological polar surface area (TPSA) is 26.0 Å². The fourth-order valence-electron chi connectivity index (χ4n) is 1.25. The molecule has 2 heteroatoms. The number of rotatable bonds is 0. The lowest BCUT2D eigenvalue weighted by Crippen LogP contribution is -1.92. The van der Waals surface area contributed by atoms with E-state index in [0.29, 0.717) is 6.54 Å². The van der Waals surface area contributed by atoms with Crippen LogP contribution in [0.15, 0.2) is 29.6 Å². The fourth-order valence-corrected chi connectivity index (χ4v) is 2.06. The van der Waals surface area contributed by atoms with Crippen molar-refractivity contribution in [3.05, 3.63) is 35.2 Å². The summed E-state index contributed by atoms with van der Waals surface area (Å²) in [6, 6.07) is 8.26. The first-order valence-corrected chi connectivity index (χ1v) is 4.95. The van der Waals surface area contributed by atoms with Gasteiger partial charge in [0.15, 0.2) is 0 Å². The lowest BCUT2D eigenvalue weighted by molar-refractivity contribution is 1.30. The summed E-state index contributed by atoms with van der Waals surface area (Å²) >= 11 is 1.74. The molecule has 1 nitrogen and oxygen atoms in total. The number of fused-ring (bicyclic) bond motifs is 1. The average Bonchev–Trinajstić information content (AvgIpc) is 2.62. The maximum absolute atomic E-state index is 5.32. The van der Waals surface area contributed by atoms with Gasteiger partial charge in [-0.25, -0.2) is 0 Å². The van der Waals surface area contributed by atoms with Crippen molar-refractivity contribution in [3.63, 3.8) is 0 Å². The summed E-state index contributed by atoms with van der Waals surface area (Å²) in [6.45, 7) is 0.417. The van der Waals surface area contributed by atoms with Crippen molar-refractivity contribution in [1.82, 2.24) is 0 Å². The lowest BCUT2D eigenvalue weighted by atomic mass is 10.1. The van der Waals surface area contributed by atoms with Crippen molar-refractivity contribution in [2.75, 3.05) is 6.54 Å². The van der Waals surface area contributed by atoms with Crippen LogP contribution in [0, 0.1) is 11.8 Å². The van der Waals surface area contributed by atoms with Crippen molar-refractivity contribution in [2.45, 2.75) is 0 Å². The van der Waals surface area contributed by atoms with E-state index in [1.165, 1.54) is 10.1 Å². The number of hydrogen-bond donors (Lipinski definition) is 1. The Labute approximate surface area is 81.2 Å². The molecule has 0 radical (unpaired) electrons. The second-order valence-electron chi connectivity index (χ2n) is 2.64. The Hall–Kier alpha value is -1.30. The maximum atomic E-state index is 5.32. The van der Waals surface area contributed by atoms with E-state index < -0.39 is 0 Å². The minimum Gasteiger partial charge on any atom is -0.320 e. The predicted octanol–water partition coefficient (Wildman–Crippen LogP) is 2.21. The van der Waals surface area contributed by atoms with Crippen molar-refractivity contribution < 1.29 is 0 Å².